The zero-order valence-corrected chi connectivity index (χ0v) is 15.5. The van der Waals surface area contributed by atoms with Crippen molar-refractivity contribution in [3.63, 3.8) is 0 Å². The first-order chi connectivity index (χ1) is 11.4. The monoisotopic (exact) mass is 331 g/mol. The van der Waals surface area contributed by atoms with Gasteiger partial charge < -0.3 is 10.3 Å². The normalized spacial score (nSPS) is 51.4. The number of oxime groups is 1. The average Bonchev–Trinajstić information content (AvgIpc) is 2.92. The third-order valence-electron chi connectivity index (χ3n) is 8.74. The predicted molar refractivity (Wildman–Crippen MR) is 96.1 cm³/mol. The standard InChI is InChI=1S/C21H33NO2/c1-13(22-24)17-6-7-18-16-5-4-14-12-15(23)8-10-20(14,2)19(16)9-11-21(17,18)3/h4,15-19,23-24H,5-12H2,1-3H3/b22-13-/t15-,16-,17+,18-,19-,20+,21+/m1/s1. The van der Waals surface area contributed by atoms with Crippen LogP contribution in [-0.2, 0) is 0 Å². The summed E-state index contributed by atoms with van der Waals surface area (Å²) in [6.07, 6.45) is 11.7. The van der Waals surface area contributed by atoms with Crippen molar-refractivity contribution in [2.24, 2.45) is 39.7 Å². The topological polar surface area (TPSA) is 52.8 Å². The first-order valence-corrected chi connectivity index (χ1v) is 9.96. The molecule has 3 nitrogen and oxygen atoms in total. The van der Waals surface area contributed by atoms with E-state index in [-0.39, 0.29) is 6.10 Å². The summed E-state index contributed by atoms with van der Waals surface area (Å²) in [4.78, 5) is 0. The minimum atomic E-state index is -0.117. The van der Waals surface area contributed by atoms with Crippen molar-refractivity contribution < 1.29 is 10.3 Å². The van der Waals surface area contributed by atoms with E-state index in [0.717, 1.165) is 42.7 Å². The summed E-state index contributed by atoms with van der Waals surface area (Å²) in [5, 5.41) is 23.0. The molecule has 0 spiro atoms. The fraction of sp³-hybridized carbons (Fsp3) is 0.857. The first kappa shape index (κ1) is 16.6. The Labute approximate surface area is 146 Å². The van der Waals surface area contributed by atoms with Gasteiger partial charge in [0.05, 0.1) is 11.8 Å². The number of aliphatic hydroxyl groups is 1. The van der Waals surface area contributed by atoms with Gasteiger partial charge in [-0.3, -0.25) is 0 Å². The van der Waals surface area contributed by atoms with Crippen LogP contribution in [-0.4, -0.2) is 22.1 Å². The Balaban J connectivity index is 1.65. The minimum Gasteiger partial charge on any atom is -0.411 e. The van der Waals surface area contributed by atoms with Crippen molar-refractivity contribution in [1.82, 2.24) is 0 Å². The fourth-order valence-electron chi connectivity index (χ4n) is 7.40. The van der Waals surface area contributed by atoms with Crippen LogP contribution in [0.15, 0.2) is 16.8 Å². The van der Waals surface area contributed by atoms with Crippen LogP contribution in [0, 0.1) is 34.5 Å². The molecule has 3 fully saturated rings. The van der Waals surface area contributed by atoms with Gasteiger partial charge in [-0.05, 0) is 86.9 Å². The molecule has 0 heterocycles. The summed E-state index contributed by atoms with van der Waals surface area (Å²) in [5.74, 6) is 2.79. The molecule has 0 radical (unpaired) electrons. The van der Waals surface area contributed by atoms with Crippen LogP contribution in [0.4, 0.5) is 0 Å². The van der Waals surface area contributed by atoms with Crippen LogP contribution >= 0.6 is 0 Å². The summed E-state index contributed by atoms with van der Waals surface area (Å²) in [5.41, 5.74) is 3.13. The molecule has 4 aliphatic rings. The zero-order chi connectivity index (χ0) is 17.1. The van der Waals surface area contributed by atoms with E-state index in [1.165, 1.54) is 32.1 Å². The highest BCUT2D eigenvalue weighted by atomic mass is 16.4. The highest BCUT2D eigenvalue weighted by Gasteiger charge is 2.59. The lowest BCUT2D eigenvalue weighted by atomic mass is 9.47. The SMILES string of the molecule is C/C(=N/O)[C@@H]1CC[C@@H]2[C@H]3CC=C4C[C@H](O)CC[C@]4(C)[C@@H]3CC[C@]21C. The molecular formula is C21H33NO2. The summed E-state index contributed by atoms with van der Waals surface area (Å²) in [7, 11) is 0. The molecule has 3 heteroatoms. The lowest BCUT2D eigenvalue weighted by molar-refractivity contribution is -0.0425. The molecule has 2 N–H and O–H groups in total. The quantitative estimate of drug-likeness (QED) is 0.314. The maximum absolute atomic E-state index is 10.1. The van der Waals surface area contributed by atoms with E-state index in [9.17, 15) is 10.3 Å². The molecule has 0 aromatic rings. The van der Waals surface area contributed by atoms with Crippen LogP contribution in [0.25, 0.3) is 0 Å². The Kier molecular flexibility index (Phi) is 3.87. The first-order valence-electron chi connectivity index (χ1n) is 9.96. The van der Waals surface area contributed by atoms with E-state index in [0.29, 0.717) is 16.7 Å². The lowest BCUT2D eigenvalue weighted by Gasteiger charge is -2.58. The summed E-state index contributed by atoms with van der Waals surface area (Å²) < 4.78 is 0. The van der Waals surface area contributed by atoms with Crippen molar-refractivity contribution in [2.75, 3.05) is 0 Å². The van der Waals surface area contributed by atoms with Gasteiger partial charge >= 0.3 is 0 Å². The molecule has 24 heavy (non-hydrogen) atoms. The van der Waals surface area contributed by atoms with Gasteiger partial charge in [-0.15, -0.1) is 0 Å². The maximum atomic E-state index is 10.1. The van der Waals surface area contributed by atoms with E-state index < -0.39 is 0 Å². The minimum absolute atomic E-state index is 0.117. The Morgan fingerprint density at radius 3 is 2.67 bits per heavy atom. The van der Waals surface area contributed by atoms with Gasteiger partial charge in [0.25, 0.3) is 0 Å². The van der Waals surface area contributed by atoms with Crippen molar-refractivity contribution in [2.45, 2.75) is 78.2 Å². The molecule has 0 aliphatic heterocycles. The maximum Gasteiger partial charge on any atom is 0.0577 e. The molecule has 4 aliphatic carbocycles. The van der Waals surface area contributed by atoms with Crippen LogP contribution in [0.3, 0.4) is 0 Å². The van der Waals surface area contributed by atoms with Gasteiger partial charge in [0.2, 0.25) is 0 Å². The summed E-state index contributed by atoms with van der Waals surface area (Å²) >= 11 is 0. The van der Waals surface area contributed by atoms with Crippen LogP contribution in [0.1, 0.15) is 72.1 Å². The predicted octanol–water partition coefficient (Wildman–Crippen LogP) is 4.78. The van der Waals surface area contributed by atoms with Crippen molar-refractivity contribution in [1.29, 1.82) is 0 Å². The number of hydrogen-bond donors (Lipinski definition) is 2. The number of hydrogen-bond acceptors (Lipinski definition) is 3. The number of allylic oxidation sites excluding steroid dienone is 1. The van der Waals surface area contributed by atoms with E-state index in [4.69, 9.17) is 0 Å². The molecular weight excluding hydrogens is 298 g/mol. The lowest BCUT2D eigenvalue weighted by Crippen LogP contribution is -2.50. The second-order valence-electron chi connectivity index (χ2n) is 9.57. The molecule has 0 aromatic carbocycles. The number of rotatable bonds is 1. The Hall–Kier alpha value is -0.830. The molecule has 0 bridgehead atoms. The summed E-state index contributed by atoms with van der Waals surface area (Å²) in [6.45, 7) is 6.95. The Morgan fingerprint density at radius 1 is 1.12 bits per heavy atom. The number of aliphatic hydroxyl groups excluding tert-OH is 1. The Bertz CT molecular complexity index is 582. The van der Waals surface area contributed by atoms with Gasteiger partial charge in [0, 0.05) is 5.92 Å². The van der Waals surface area contributed by atoms with Crippen molar-refractivity contribution >= 4 is 5.71 Å². The zero-order valence-electron chi connectivity index (χ0n) is 15.5. The molecule has 134 valence electrons. The number of nitrogens with zero attached hydrogens (tertiary/aromatic N) is 1. The van der Waals surface area contributed by atoms with Gasteiger partial charge in [0.15, 0.2) is 0 Å². The highest BCUT2D eigenvalue weighted by Crippen LogP contribution is 2.66. The molecule has 0 unspecified atom stereocenters. The van der Waals surface area contributed by atoms with E-state index in [1.54, 1.807) is 5.57 Å². The van der Waals surface area contributed by atoms with E-state index in [1.807, 2.05) is 6.92 Å². The van der Waals surface area contributed by atoms with Crippen molar-refractivity contribution in [3.05, 3.63) is 11.6 Å². The molecule has 3 saturated carbocycles. The van der Waals surface area contributed by atoms with E-state index in [2.05, 4.69) is 25.1 Å². The van der Waals surface area contributed by atoms with Crippen LogP contribution in [0.5, 0.6) is 0 Å². The highest BCUT2D eigenvalue weighted by molar-refractivity contribution is 5.85. The third kappa shape index (κ3) is 2.16. The second-order valence-corrected chi connectivity index (χ2v) is 9.57. The van der Waals surface area contributed by atoms with Gasteiger partial charge in [0.1, 0.15) is 0 Å². The smallest absolute Gasteiger partial charge is 0.0577 e. The molecule has 0 saturated heterocycles. The third-order valence-corrected chi connectivity index (χ3v) is 8.74. The Morgan fingerprint density at radius 2 is 1.92 bits per heavy atom. The van der Waals surface area contributed by atoms with Gasteiger partial charge in [-0.1, -0.05) is 30.7 Å². The molecule has 0 aromatic heterocycles. The molecule has 4 rings (SSSR count). The second kappa shape index (κ2) is 5.59. The van der Waals surface area contributed by atoms with Gasteiger partial charge in [-0.25, -0.2) is 0 Å². The van der Waals surface area contributed by atoms with Crippen molar-refractivity contribution in [3.8, 4) is 0 Å². The fourth-order valence-corrected chi connectivity index (χ4v) is 7.40. The van der Waals surface area contributed by atoms with E-state index >= 15 is 0 Å². The molecule has 7 atom stereocenters. The van der Waals surface area contributed by atoms with Gasteiger partial charge in [-0.2, -0.15) is 0 Å². The molecule has 0 amide bonds. The summed E-state index contributed by atoms with van der Waals surface area (Å²) in [6, 6.07) is 0. The van der Waals surface area contributed by atoms with Crippen LogP contribution < -0.4 is 0 Å². The average molecular weight is 332 g/mol. The largest absolute Gasteiger partial charge is 0.411 e. The van der Waals surface area contributed by atoms with Crippen LogP contribution in [0.2, 0.25) is 0 Å². The number of fused-ring (bicyclic) bond motifs is 5.